The summed E-state index contributed by atoms with van der Waals surface area (Å²) in [7, 11) is 0. The summed E-state index contributed by atoms with van der Waals surface area (Å²) < 4.78 is 10.7. The lowest BCUT2D eigenvalue weighted by Gasteiger charge is -2.28. The molecule has 3 nitrogen and oxygen atoms in total. The third kappa shape index (κ3) is 1.00. The summed E-state index contributed by atoms with van der Waals surface area (Å²) in [6.07, 6.45) is 1.19. The van der Waals surface area contributed by atoms with Crippen molar-refractivity contribution in [2.75, 3.05) is 13.3 Å². The van der Waals surface area contributed by atoms with Gasteiger partial charge in [0.25, 0.3) is 0 Å². The molecule has 2 aliphatic rings. The highest BCUT2D eigenvalue weighted by Gasteiger charge is 2.26. The summed E-state index contributed by atoms with van der Waals surface area (Å²) in [5.41, 5.74) is 1.24. The van der Waals surface area contributed by atoms with Crippen molar-refractivity contribution in [2.24, 2.45) is 0 Å². The van der Waals surface area contributed by atoms with E-state index >= 15 is 0 Å². The molecule has 0 saturated carbocycles. The molecule has 1 atom stereocenters. The van der Waals surface area contributed by atoms with E-state index in [2.05, 4.69) is 11.4 Å². The van der Waals surface area contributed by atoms with Crippen LogP contribution < -0.4 is 14.8 Å². The Hall–Kier alpha value is -1.22. The van der Waals surface area contributed by atoms with E-state index in [0.717, 1.165) is 18.0 Å². The van der Waals surface area contributed by atoms with Crippen molar-refractivity contribution in [1.29, 1.82) is 0 Å². The van der Waals surface area contributed by atoms with Gasteiger partial charge in [-0.25, -0.2) is 0 Å². The molecule has 3 rings (SSSR count). The molecule has 0 spiro atoms. The van der Waals surface area contributed by atoms with Crippen LogP contribution in [0.5, 0.6) is 11.5 Å². The first-order chi connectivity index (χ1) is 6.45. The third-order valence-electron chi connectivity index (χ3n) is 2.63. The molecule has 13 heavy (non-hydrogen) atoms. The van der Waals surface area contributed by atoms with Gasteiger partial charge in [0.15, 0.2) is 11.5 Å². The van der Waals surface area contributed by atoms with Crippen LogP contribution in [-0.4, -0.2) is 13.3 Å². The van der Waals surface area contributed by atoms with Crippen LogP contribution >= 0.6 is 0 Å². The van der Waals surface area contributed by atoms with Crippen molar-refractivity contribution in [2.45, 2.75) is 12.5 Å². The Morgan fingerprint density at radius 2 is 2.23 bits per heavy atom. The second kappa shape index (κ2) is 2.64. The summed E-state index contributed by atoms with van der Waals surface area (Å²) in [4.78, 5) is 0. The minimum atomic E-state index is 0.360. The van der Waals surface area contributed by atoms with Crippen molar-refractivity contribution < 1.29 is 9.47 Å². The zero-order valence-corrected chi connectivity index (χ0v) is 7.25. The van der Waals surface area contributed by atoms with Gasteiger partial charge in [0.05, 0.1) is 0 Å². The molecule has 1 saturated heterocycles. The highest BCUT2D eigenvalue weighted by molar-refractivity contribution is 5.49. The Balaban J connectivity index is 2.04. The maximum Gasteiger partial charge on any atom is 0.231 e. The Morgan fingerprint density at radius 1 is 1.31 bits per heavy atom. The molecule has 2 aliphatic heterocycles. The van der Waals surface area contributed by atoms with Crippen molar-refractivity contribution >= 4 is 0 Å². The fourth-order valence-electron chi connectivity index (χ4n) is 1.78. The van der Waals surface area contributed by atoms with E-state index in [9.17, 15) is 0 Å². The number of hydrogen-bond acceptors (Lipinski definition) is 3. The van der Waals surface area contributed by atoms with Gasteiger partial charge in [-0.3, -0.25) is 0 Å². The molecule has 0 unspecified atom stereocenters. The zero-order chi connectivity index (χ0) is 8.67. The standard InChI is InChI=1S/C10H11NO2/c1-2-7(8-4-5-11-8)10-9(3-1)12-6-13-10/h1-3,8,11H,4-6H2/t8-/m0/s1. The molecule has 0 aromatic heterocycles. The van der Waals surface area contributed by atoms with Crippen LogP contribution in [-0.2, 0) is 0 Å². The van der Waals surface area contributed by atoms with E-state index < -0.39 is 0 Å². The fourth-order valence-corrected chi connectivity index (χ4v) is 1.78. The van der Waals surface area contributed by atoms with Crippen molar-refractivity contribution in [3.63, 3.8) is 0 Å². The Kier molecular flexibility index (Phi) is 1.46. The van der Waals surface area contributed by atoms with E-state index in [1.54, 1.807) is 0 Å². The summed E-state index contributed by atoms with van der Waals surface area (Å²) in [6, 6.07) is 6.54. The van der Waals surface area contributed by atoms with Crippen LogP contribution in [0.15, 0.2) is 18.2 Å². The van der Waals surface area contributed by atoms with E-state index in [4.69, 9.17) is 9.47 Å². The van der Waals surface area contributed by atoms with Gasteiger partial charge in [0.1, 0.15) is 0 Å². The summed E-state index contributed by atoms with van der Waals surface area (Å²) in [5.74, 6) is 1.81. The molecular weight excluding hydrogens is 166 g/mol. The van der Waals surface area contributed by atoms with Crippen LogP contribution in [0.2, 0.25) is 0 Å². The molecule has 0 amide bonds. The molecule has 68 valence electrons. The molecule has 1 fully saturated rings. The van der Waals surface area contributed by atoms with Crippen molar-refractivity contribution in [1.82, 2.24) is 5.32 Å². The minimum absolute atomic E-state index is 0.360. The molecule has 2 heterocycles. The van der Waals surface area contributed by atoms with Gasteiger partial charge < -0.3 is 14.8 Å². The number of ether oxygens (including phenoxy) is 2. The van der Waals surface area contributed by atoms with Crippen LogP contribution in [0.1, 0.15) is 18.0 Å². The average Bonchev–Trinajstić information content (AvgIpc) is 2.49. The first-order valence-electron chi connectivity index (χ1n) is 4.57. The van der Waals surface area contributed by atoms with E-state index in [1.165, 1.54) is 12.0 Å². The lowest BCUT2D eigenvalue weighted by Crippen LogP contribution is -2.35. The van der Waals surface area contributed by atoms with Crippen LogP contribution in [0.3, 0.4) is 0 Å². The quantitative estimate of drug-likeness (QED) is 0.704. The van der Waals surface area contributed by atoms with Gasteiger partial charge in [-0.1, -0.05) is 12.1 Å². The topological polar surface area (TPSA) is 30.5 Å². The molecule has 0 aliphatic carbocycles. The van der Waals surface area contributed by atoms with Gasteiger partial charge in [0.2, 0.25) is 6.79 Å². The van der Waals surface area contributed by atoms with Crippen LogP contribution in [0, 0.1) is 0 Å². The van der Waals surface area contributed by atoms with E-state index in [1.807, 2.05) is 12.1 Å². The smallest absolute Gasteiger partial charge is 0.231 e. The SMILES string of the molecule is c1cc2c(c([C@@H]3CCN3)c1)OCO2. The zero-order valence-electron chi connectivity index (χ0n) is 7.25. The van der Waals surface area contributed by atoms with Crippen molar-refractivity contribution in [3.05, 3.63) is 23.8 Å². The Labute approximate surface area is 76.7 Å². The molecule has 0 bridgehead atoms. The second-order valence-corrected chi connectivity index (χ2v) is 3.38. The maximum absolute atomic E-state index is 5.42. The van der Waals surface area contributed by atoms with Gasteiger partial charge >= 0.3 is 0 Å². The summed E-state index contributed by atoms with van der Waals surface area (Å²) in [5, 5.41) is 3.36. The Morgan fingerprint density at radius 3 is 3.00 bits per heavy atom. The normalized spacial score (nSPS) is 24.2. The van der Waals surface area contributed by atoms with Gasteiger partial charge in [-0.05, 0) is 19.0 Å². The van der Waals surface area contributed by atoms with Gasteiger partial charge in [-0.15, -0.1) is 0 Å². The number of rotatable bonds is 1. The van der Waals surface area contributed by atoms with Gasteiger partial charge in [0, 0.05) is 11.6 Å². The Bertz CT molecular complexity index is 334. The minimum Gasteiger partial charge on any atom is -0.454 e. The maximum atomic E-state index is 5.42. The number of fused-ring (bicyclic) bond motifs is 1. The molecule has 1 N–H and O–H groups in total. The predicted molar refractivity (Wildman–Crippen MR) is 47.9 cm³/mol. The monoisotopic (exact) mass is 177 g/mol. The molecule has 1 aromatic rings. The second-order valence-electron chi connectivity index (χ2n) is 3.38. The summed E-state index contributed by atoms with van der Waals surface area (Å²) >= 11 is 0. The summed E-state index contributed by atoms with van der Waals surface area (Å²) in [6.45, 7) is 1.47. The average molecular weight is 177 g/mol. The fraction of sp³-hybridized carbons (Fsp3) is 0.400. The van der Waals surface area contributed by atoms with E-state index in [-0.39, 0.29) is 0 Å². The third-order valence-corrected chi connectivity index (χ3v) is 2.63. The lowest BCUT2D eigenvalue weighted by atomic mass is 9.97. The highest BCUT2D eigenvalue weighted by atomic mass is 16.7. The van der Waals surface area contributed by atoms with Crippen molar-refractivity contribution in [3.8, 4) is 11.5 Å². The van der Waals surface area contributed by atoms with E-state index in [0.29, 0.717) is 12.8 Å². The predicted octanol–water partition coefficient (Wildman–Crippen LogP) is 1.45. The number of benzene rings is 1. The number of nitrogens with one attached hydrogen (secondary N) is 1. The molecular formula is C10H11NO2. The molecule has 1 aromatic carbocycles. The molecule has 0 radical (unpaired) electrons. The first-order valence-corrected chi connectivity index (χ1v) is 4.57. The number of hydrogen-bond donors (Lipinski definition) is 1. The molecule has 3 heteroatoms. The lowest BCUT2D eigenvalue weighted by molar-refractivity contribution is 0.172. The largest absolute Gasteiger partial charge is 0.454 e. The number of para-hydroxylation sites is 1. The highest BCUT2D eigenvalue weighted by Crippen LogP contribution is 2.40. The van der Waals surface area contributed by atoms with Crippen LogP contribution in [0.4, 0.5) is 0 Å². The van der Waals surface area contributed by atoms with Crippen LogP contribution in [0.25, 0.3) is 0 Å². The first kappa shape index (κ1) is 7.21. The van der Waals surface area contributed by atoms with Gasteiger partial charge in [-0.2, -0.15) is 0 Å².